The maximum absolute atomic E-state index is 12.9. The van der Waals surface area contributed by atoms with Crippen molar-refractivity contribution in [1.82, 2.24) is 14.4 Å². The van der Waals surface area contributed by atoms with E-state index in [1.807, 2.05) is 12.1 Å². The highest BCUT2D eigenvalue weighted by Gasteiger charge is 2.28. The zero-order chi connectivity index (χ0) is 22.8. The van der Waals surface area contributed by atoms with Crippen molar-refractivity contribution in [2.75, 3.05) is 18.0 Å². The van der Waals surface area contributed by atoms with Gasteiger partial charge in [-0.05, 0) is 42.9 Å². The van der Waals surface area contributed by atoms with Crippen molar-refractivity contribution < 1.29 is 14.7 Å². The molecule has 0 spiro atoms. The first-order valence-electron chi connectivity index (χ1n) is 10.8. The molecule has 1 fully saturated rings. The lowest BCUT2D eigenvalue weighted by Gasteiger charge is -2.32. The highest BCUT2D eigenvalue weighted by atomic mass is 32.1. The molecule has 0 aliphatic carbocycles. The van der Waals surface area contributed by atoms with E-state index in [-0.39, 0.29) is 17.9 Å². The van der Waals surface area contributed by atoms with Crippen LogP contribution in [0, 0.1) is 5.92 Å². The number of aldehydes is 1. The molecule has 1 unspecified atom stereocenters. The number of carbonyl (C=O) groups is 2. The number of hydrogen-bond acceptors (Lipinski definition) is 7. The molecule has 9 heteroatoms. The van der Waals surface area contributed by atoms with Gasteiger partial charge in [-0.3, -0.25) is 18.8 Å². The number of hydrogen-bond donors (Lipinski definition) is 1. The molecule has 32 heavy (non-hydrogen) atoms. The van der Waals surface area contributed by atoms with Crippen LogP contribution in [0.4, 0.5) is 5.82 Å². The molecular formula is C23H26N4O4S. The van der Waals surface area contributed by atoms with E-state index < -0.39 is 17.4 Å². The number of aromatic nitrogens is 3. The van der Waals surface area contributed by atoms with Gasteiger partial charge in [-0.25, -0.2) is 9.97 Å². The van der Waals surface area contributed by atoms with Crippen LogP contribution < -0.4 is 10.5 Å². The predicted octanol–water partition coefficient (Wildman–Crippen LogP) is 3.17. The summed E-state index contributed by atoms with van der Waals surface area (Å²) in [5.74, 6) is -0.735. The number of fused-ring (bicyclic) bond motifs is 1. The Balaban J connectivity index is 1.64. The zero-order valence-electron chi connectivity index (χ0n) is 18.2. The molecule has 1 atom stereocenters. The molecule has 1 aliphatic rings. The summed E-state index contributed by atoms with van der Waals surface area (Å²) in [6.45, 7) is 5.05. The van der Waals surface area contributed by atoms with Crippen molar-refractivity contribution in [3.8, 4) is 0 Å². The van der Waals surface area contributed by atoms with Crippen molar-refractivity contribution in [3.63, 3.8) is 0 Å². The van der Waals surface area contributed by atoms with E-state index in [1.165, 1.54) is 4.40 Å². The van der Waals surface area contributed by atoms with Crippen LogP contribution in [0.1, 0.15) is 59.2 Å². The maximum Gasteiger partial charge on any atom is 0.308 e. The van der Waals surface area contributed by atoms with Gasteiger partial charge in [0.1, 0.15) is 17.0 Å². The molecule has 1 aliphatic heterocycles. The Morgan fingerprint density at radius 1 is 1.34 bits per heavy atom. The summed E-state index contributed by atoms with van der Waals surface area (Å²) in [5, 5.41) is 12.6. The van der Waals surface area contributed by atoms with Gasteiger partial charge in [-0.1, -0.05) is 13.8 Å². The SMILES string of the molecule is CC(C)c1csc(CCc2ccn3c(=O)c(C=O)c(N4CCCC(C(=O)O)C4)nc3c2)n1. The number of aliphatic carboxylic acids is 1. The monoisotopic (exact) mass is 454 g/mol. The first-order chi connectivity index (χ1) is 15.4. The summed E-state index contributed by atoms with van der Waals surface area (Å²) in [5.41, 5.74) is 2.09. The minimum absolute atomic E-state index is 0.0368. The van der Waals surface area contributed by atoms with Gasteiger partial charge in [-0.2, -0.15) is 0 Å². The summed E-state index contributed by atoms with van der Waals surface area (Å²) in [6, 6.07) is 3.72. The molecule has 0 amide bonds. The molecule has 168 valence electrons. The normalized spacial score (nSPS) is 16.6. The Kier molecular flexibility index (Phi) is 6.36. The van der Waals surface area contributed by atoms with E-state index in [2.05, 4.69) is 29.2 Å². The number of carboxylic acid groups (broad SMARTS) is 1. The molecular weight excluding hydrogens is 428 g/mol. The van der Waals surface area contributed by atoms with Crippen molar-refractivity contribution in [2.24, 2.45) is 5.92 Å². The number of anilines is 1. The fraction of sp³-hybridized carbons (Fsp3) is 0.435. The van der Waals surface area contributed by atoms with Gasteiger partial charge in [0.25, 0.3) is 5.56 Å². The van der Waals surface area contributed by atoms with Gasteiger partial charge >= 0.3 is 5.97 Å². The van der Waals surface area contributed by atoms with Gasteiger partial charge in [0.2, 0.25) is 0 Å². The third-order valence-corrected chi connectivity index (χ3v) is 6.81. The quantitative estimate of drug-likeness (QED) is 0.547. The molecule has 4 rings (SSSR count). The molecule has 8 nitrogen and oxygen atoms in total. The lowest BCUT2D eigenvalue weighted by Crippen LogP contribution is -2.41. The van der Waals surface area contributed by atoms with Gasteiger partial charge < -0.3 is 10.0 Å². The van der Waals surface area contributed by atoms with Crippen LogP contribution in [-0.2, 0) is 17.6 Å². The molecule has 0 bridgehead atoms. The molecule has 3 aromatic heterocycles. The van der Waals surface area contributed by atoms with Crippen molar-refractivity contribution in [2.45, 2.75) is 45.4 Å². The molecule has 4 heterocycles. The Hall–Kier alpha value is -3.07. The van der Waals surface area contributed by atoms with E-state index in [9.17, 15) is 19.5 Å². The van der Waals surface area contributed by atoms with Crippen LogP contribution in [0.5, 0.6) is 0 Å². The fourth-order valence-electron chi connectivity index (χ4n) is 4.01. The summed E-state index contributed by atoms with van der Waals surface area (Å²) >= 11 is 1.66. The standard InChI is InChI=1S/C23H26N4O4S/c1-14(2)18-13-32-20(24-18)6-5-15-7-9-27-19(10-15)25-21(17(12-28)22(27)29)26-8-3-4-16(11-26)23(30)31/h7,9-10,12-14,16H,3-6,8,11H2,1-2H3,(H,30,31). The van der Waals surface area contributed by atoms with E-state index in [4.69, 9.17) is 0 Å². The maximum atomic E-state index is 12.9. The number of pyridine rings is 1. The van der Waals surface area contributed by atoms with E-state index in [1.54, 1.807) is 22.4 Å². The number of nitrogens with zero attached hydrogens (tertiary/aromatic N) is 4. The van der Waals surface area contributed by atoms with Gasteiger partial charge in [-0.15, -0.1) is 11.3 Å². The Morgan fingerprint density at radius 2 is 2.16 bits per heavy atom. The van der Waals surface area contributed by atoms with Crippen LogP contribution in [-0.4, -0.2) is 44.8 Å². The number of carbonyl (C=O) groups excluding carboxylic acids is 1. The lowest BCUT2D eigenvalue weighted by molar-refractivity contribution is -0.141. The zero-order valence-corrected chi connectivity index (χ0v) is 19.0. The van der Waals surface area contributed by atoms with E-state index in [0.29, 0.717) is 37.2 Å². The highest BCUT2D eigenvalue weighted by molar-refractivity contribution is 7.09. The molecule has 1 N–H and O–H groups in total. The van der Waals surface area contributed by atoms with Gasteiger partial charge in [0.05, 0.1) is 16.6 Å². The second-order valence-corrected chi connectivity index (χ2v) is 9.42. The molecule has 0 aromatic carbocycles. The van der Waals surface area contributed by atoms with Crippen LogP contribution in [0.2, 0.25) is 0 Å². The number of thiazole rings is 1. The smallest absolute Gasteiger partial charge is 0.308 e. The minimum atomic E-state index is -0.870. The molecule has 1 saturated heterocycles. The number of piperidine rings is 1. The lowest BCUT2D eigenvalue weighted by atomic mass is 9.98. The number of aryl methyl sites for hydroxylation is 2. The second kappa shape index (κ2) is 9.20. The summed E-state index contributed by atoms with van der Waals surface area (Å²) in [4.78, 5) is 47.2. The first-order valence-corrected chi connectivity index (χ1v) is 11.7. The third kappa shape index (κ3) is 4.43. The van der Waals surface area contributed by atoms with Crippen LogP contribution in [0.3, 0.4) is 0 Å². The highest BCUT2D eigenvalue weighted by Crippen LogP contribution is 2.24. The summed E-state index contributed by atoms with van der Waals surface area (Å²) < 4.78 is 1.37. The molecule has 0 saturated carbocycles. The first kappa shape index (κ1) is 22.1. The molecule has 3 aromatic rings. The summed E-state index contributed by atoms with van der Waals surface area (Å²) in [6.07, 6.45) is 4.96. The average molecular weight is 455 g/mol. The van der Waals surface area contributed by atoms with Gasteiger partial charge in [0.15, 0.2) is 6.29 Å². The minimum Gasteiger partial charge on any atom is -0.481 e. The van der Waals surface area contributed by atoms with Gasteiger partial charge in [0, 0.05) is 31.1 Å². The fourth-order valence-corrected chi connectivity index (χ4v) is 4.97. The average Bonchev–Trinajstić information content (AvgIpc) is 3.27. The van der Waals surface area contributed by atoms with Crippen LogP contribution >= 0.6 is 11.3 Å². The van der Waals surface area contributed by atoms with E-state index >= 15 is 0 Å². The second-order valence-electron chi connectivity index (χ2n) is 8.48. The van der Waals surface area contributed by atoms with Crippen molar-refractivity contribution in [1.29, 1.82) is 0 Å². The summed E-state index contributed by atoms with van der Waals surface area (Å²) in [7, 11) is 0. The van der Waals surface area contributed by atoms with E-state index in [0.717, 1.165) is 29.1 Å². The van der Waals surface area contributed by atoms with Crippen LogP contribution in [0.25, 0.3) is 5.65 Å². The molecule has 0 radical (unpaired) electrons. The van der Waals surface area contributed by atoms with Crippen molar-refractivity contribution in [3.05, 3.63) is 55.9 Å². The number of rotatable bonds is 7. The predicted molar refractivity (Wildman–Crippen MR) is 123 cm³/mol. The largest absolute Gasteiger partial charge is 0.481 e. The Morgan fingerprint density at radius 3 is 2.84 bits per heavy atom. The third-order valence-electron chi connectivity index (χ3n) is 5.89. The Labute approximate surface area is 189 Å². The topological polar surface area (TPSA) is 105 Å². The Bertz CT molecular complexity index is 1220. The van der Waals surface area contributed by atoms with Crippen LogP contribution in [0.15, 0.2) is 28.5 Å². The van der Waals surface area contributed by atoms with Crippen molar-refractivity contribution >= 4 is 35.1 Å². The number of carboxylic acids is 1.